The van der Waals surface area contributed by atoms with E-state index in [9.17, 15) is 0 Å². The third kappa shape index (κ3) is 3.72. The lowest BCUT2D eigenvalue weighted by molar-refractivity contribution is 0.132. The van der Waals surface area contributed by atoms with Crippen molar-refractivity contribution < 1.29 is 9.47 Å². The SMILES string of the molecule is CCOCc1cc(CN2CC(C)C(N)C2)ccc1OC. The number of rotatable bonds is 6. The lowest BCUT2D eigenvalue weighted by atomic mass is 10.1. The van der Waals surface area contributed by atoms with Crippen LogP contribution in [0.2, 0.25) is 0 Å². The highest BCUT2D eigenvalue weighted by molar-refractivity contribution is 5.37. The van der Waals surface area contributed by atoms with Gasteiger partial charge in [-0.3, -0.25) is 4.90 Å². The van der Waals surface area contributed by atoms with Crippen molar-refractivity contribution in [2.24, 2.45) is 11.7 Å². The van der Waals surface area contributed by atoms with Gasteiger partial charge in [-0.1, -0.05) is 13.0 Å². The van der Waals surface area contributed by atoms with Crippen LogP contribution in [-0.4, -0.2) is 37.7 Å². The number of hydrogen-bond donors (Lipinski definition) is 1. The van der Waals surface area contributed by atoms with Gasteiger partial charge in [0, 0.05) is 37.8 Å². The van der Waals surface area contributed by atoms with Crippen molar-refractivity contribution >= 4 is 0 Å². The molecular weight excluding hydrogens is 252 g/mol. The van der Waals surface area contributed by atoms with Crippen LogP contribution < -0.4 is 10.5 Å². The Morgan fingerprint density at radius 3 is 2.75 bits per heavy atom. The van der Waals surface area contributed by atoms with E-state index in [0.717, 1.165) is 30.9 Å². The molecule has 0 aliphatic carbocycles. The molecule has 112 valence electrons. The van der Waals surface area contributed by atoms with Gasteiger partial charge in [0.1, 0.15) is 5.75 Å². The molecule has 0 saturated carbocycles. The Morgan fingerprint density at radius 2 is 2.15 bits per heavy atom. The highest BCUT2D eigenvalue weighted by Gasteiger charge is 2.26. The highest BCUT2D eigenvalue weighted by atomic mass is 16.5. The summed E-state index contributed by atoms with van der Waals surface area (Å²) in [6, 6.07) is 6.64. The van der Waals surface area contributed by atoms with E-state index in [4.69, 9.17) is 15.2 Å². The first-order valence-electron chi connectivity index (χ1n) is 7.35. The molecule has 2 N–H and O–H groups in total. The van der Waals surface area contributed by atoms with Gasteiger partial charge in [0.05, 0.1) is 13.7 Å². The van der Waals surface area contributed by atoms with Gasteiger partial charge < -0.3 is 15.2 Å². The quantitative estimate of drug-likeness (QED) is 0.865. The summed E-state index contributed by atoms with van der Waals surface area (Å²) in [5.41, 5.74) is 8.49. The van der Waals surface area contributed by atoms with Crippen molar-refractivity contribution in [2.45, 2.75) is 33.0 Å². The maximum Gasteiger partial charge on any atom is 0.124 e. The molecule has 1 saturated heterocycles. The van der Waals surface area contributed by atoms with Gasteiger partial charge in [0.15, 0.2) is 0 Å². The van der Waals surface area contributed by atoms with Crippen molar-refractivity contribution in [3.8, 4) is 5.75 Å². The first-order valence-corrected chi connectivity index (χ1v) is 7.35. The van der Waals surface area contributed by atoms with Crippen LogP contribution in [0.5, 0.6) is 5.75 Å². The maximum atomic E-state index is 6.08. The summed E-state index contributed by atoms with van der Waals surface area (Å²) in [6.45, 7) is 8.54. The molecule has 1 heterocycles. The fraction of sp³-hybridized carbons (Fsp3) is 0.625. The van der Waals surface area contributed by atoms with Crippen molar-refractivity contribution in [3.63, 3.8) is 0 Å². The maximum absolute atomic E-state index is 6.08. The van der Waals surface area contributed by atoms with Crippen molar-refractivity contribution in [3.05, 3.63) is 29.3 Å². The molecule has 2 rings (SSSR count). The molecule has 0 bridgehead atoms. The minimum absolute atomic E-state index is 0.302. The number of nitrogens with zero attached hydrogens (tertiary/aromatic N) is 1. The van der Waals surface area contributed by atoms with E-state index in [-0.39, 0.29) is 0 Å². The number of likely N-dealkylation sites (tertiary alicyclic amines) is 1. The lowest BCUT2D eigenvalue weighted by Gasteiger charge is -2.17. The average molecular weight is 278 g/mol. The van der Waals surface area contributed by atoms with E-state index < -0.39 is 0 Å². The molecule has 2 atom stereocenters. The number of ether oxygens (including phenoxy) is 2. The predicted octanol–water partition coefficient (Wildman–Crippen LogP) is 2.01. The standard InChI is InChI=1S/C16H26N2O2/c1-4-20-11-14-7-13(5-6-16(14)19-3)9-18-8-12(2)15(17)10-18/h5-7,12,15H,4,8-11,17H2,1-3H3. The molecule has 1 fully saturated rings. The number of methoxy groups -OCH3 is 1. The third-order valence-electron chi connectivity index (χ3n) is 3.96. The zero-order chi connectivity index (χ0) is 14.5. The number of benzene rings is 1. The van der Waals surface area contributed by atoms with Gasteiger partial charge >= 0.3 is 0 Å². The van der Waals surface area contributed by atoms with Crippen LogP contribution in [-0.2, 0) is 17.9 Å². The normalized spacial score (nSPS) is 23.2. The zero-order valence-corrected chi connectivity index (χ0v) is 12.8. The van der Waals surface area contributed by atoms with E-state index in [0.29, 0.717) is 25.2 Å². The number of hydrogen-bond acceptors (Lipinski definition) is 4. The minimum atomic E-state index is 0.302. The van der Waals surface area contributed by atoms with Crippen LogP contribution in [0.25, 0.3) is 0 Å². The fourth-order valence-corrected chi connectivity index (χ4v) is 2.74. The molecule has 1 aromatic carbocycles. The molecule has 20 heavy (non-hydrogen) atoms. The highest BCUT2D eigenvalue weighted by Crippen LogP contribution is 2.23. The first kappa shape index (κ1) is 15.3. The van der Waals surface area contributed by atoms with Crippen LogP contribution >= 0.6 is 0 Å². The Labute approximate surface area is 121 Å². The van der Waals surface area contributed by atoms with Crippen molar-refractivity contribution in [1.82, 2.24) is 4.90 Å². The summed E-state index contributed by atoms with van der Waals surface area (Å²) in [5, 5.41) is 0. The van der Waals surface area contributed by atoms with Gasteiger partial charge in [0.25, 0.3) is 0 Å². The van der Waals surface area contributed by atoms with Crippen LogP contribution in [0.15, 0.2) is 18.2 Å². The Kier molecular flexibility index (Phi) is 5.40. The Morgan fingerprint density at radius 1 is 1.35 bits per heavy atom. The summed E-state index contributed by atoms with van der Waals surface area (Å²) in [5.74, 6) is 1.48. The number of nitrogens with two attached hydrogens (primary N) is 1. The van der Waals surface area contributed by atoms with E-state index in [2.05, 4.69) is 24.0 Å². The summed E-state index contributed by atoms with van der Waals surface area (Å²) < 4.78 is 10.9. The van der Waals surface area contributed by atoms with Crippen LogP contribution in [0.3, 0.4) is 0 Å². The summed E-state index contributed by atoms with van der Waals surface area (Å²) in [4.78, 5) is 2.42. The Hall–Kier alpha value is -1.10. The largest absolute Gasteiger partial charge is 0.496 e. The van der Waals surface area contributed by atoms with Gasteiger partial charge in [-0.2, -0.15) is 0 Å². The van der Waals surface area contributed by atoms with Crippen LogP contribution in [0.1, 0.15) is 25.0 Å². The van der Waals surface area contributed by atoms with E-state index in [1.165, 1.54) is 5.56 Å². The van der Waals surface area contributed by atoms with E-state index in [1.54, 1.807) is 7.11 Å². The van der Waals surface area contributed by atoms with Crippen LogP contribution in [0.4, 0.5) is 0 Å². The van der Waals surface area contributed by atoms with Gasteiger partial charge in [-0.15, -0.1) is 0 Å². The third-order valence-corrected chi connectivity index (χ3v) is 3.96. The molecule has 1 aliphatic rings. The van der Waals surface area contributed by atoms with Crippen molar-refractivity contribution in [1.29, 1.82) is 0 Å². The van der Waals surface area contributed by atoms with E-state index >= 15 is 0 Å². The molecule has 4 heteroatoms. The molecule has 0 spiro atoms. The molecular formula is C16H26N2O2. The molecule has 2 unspecified atom stereocenters. The zero-order valence-electron chi connectivity index (χ0n) is 12.8. The molecule has 0 amide bonds. The van der Waals surface area contributed by atoms with Gasteiger partial charge in [-0.05, 0) is 30.5 Å². The monoisotopic (exact) mass is 278 g/mol. The second-order valence-corrected chi connectivity index (χ2v) is 5.62. The molecule has 0 aromatic heterocycles. The smallest absolute Gasteiger partial charge is 0.124 e. The summed E-state index contributed by atoms with van der Waals surface area (Å²) in [7, 11) is 1.70. The Bertz CT molecular complexity index is 426. The van der Waals surface area contributed by atoms with Crippen LogP contribution in [0, 0.1) is 5.92 Å². The first-order chi connectivity index (χ1) is 9.63. The van der Waals surface area contributed by atoms with Gasteiger partial charge in [-0.25, -0.2) is 0 Å². The molecule has 0 radical (unpaired) electrons. The molecule has 1 aromatic rings. The molecule has 4 nitrogen and oxygen atoms in total. The second-order valence-electron chi connectivity index (χ2n) is 5.62. The minimum Gasteiger partial charge on any atom is -0.496 e. The van der Waals surface area contributed by atoms with E-state index in [1.807, 2.05) is 13.0 Å². The fourth-order valence-electron chi connectivity index (χ4n) is 2.74. The van der Waals surface area contributed by atoms with Gasteiger partial charge in [0.2, 0.25) is 0 Å². The molecule has 1 aliphatic heterocycles. The van der Waals surface area contributed by atoms with Crippen molar-refractivity contribution in [2.75, 3.05) is 26.8 Å². The second kappa shape index (κ2) is 7.07. The Balaban J connectivity index is 2.04. The summed E-state index contributed by atoms with van der Waals surface area (Å²) >= 11 is 0. The average Bonchev–Trinajstić information content (AvgIpc) is 2.75. The predicted molar refractivity (Wildman–Crippen MR) is 80.7 cm³/mol. The topological polar surface area (TPSA) is 47.7 Å². The summed E-state index contributed by atoms with van der Waals surface area (Å²) in [6.07, 6.45) is 0. The lowest BCUT2D eigenvalue weighted by Crippen LogP contribution is -2.28.